The molecule has 2 aliphatic rings. The molecule has 0 aromatic carbocycles. The van der Waals surface area contributed by atoms with E-state index in [4.69, 9.17) is 16.9 Å². The van der Waals surface area contributed by atoms with Gasteiger partial charge in [-0.25, -0.2) is 0 Å². The van der Waals surface area contributed by atoms with Gasteiger partial charge in [-0.2, -0.15) is 0 Å². The Morgan fingerprint density at radius 3 is 1.34 bits per heavy atom. The molecule has 160 valence electrons. The molecule has 2 rings (SSSR count). The number of rotatable bonds is 6. The summed E-state index contributed by atoms with van der Waals surface area (Å²) >= 11 is -8.10. The fourth-order valence-corrected chi connectivity index (χ4v) is 7.86. The molecule has 2 aliphatic heterocycles. The van der Waals surface area contributed by atoms with Crippen molar-refractivity contribution >= 4 is 82.0 Å². The van der Waals surface area contributed by atoms with E-state index in [2.05, 4.69) is 16.0 Å². The summed E-state index contributed by atoms with van der Waals surface area (Å²) in [4.78, 5) is 68.9. The molecular weight excluding hydrogens is 796 g/mol. The zero-order valence-corrected chi connectivity index (χ0v) is 21.5. The van der Waals surface area contributed by atoms with E-state index in [9.17, 15) is 28.8 Å². The first-order valence-electron chi connectivity index (χ1n) is 7.79. The Morgan fingerprint density at radius 1 is 0.724 bits per heavy atom. The first-order valence-corrected chi connectivity index (χ1v) is 16.3. The summed E-state index contributed by atoms with van der Waals surface area (Å²) in [6, 6.07) is 0. The van der Waals surface area contributed by atoms with Crippen molar-refractivity contribution < 1.29 is 45.6 Å². The molecule has 2 saturated heterocycles. The van der Waals surface area contributed by atoms with E-state index in [0.29, 0.717) is 0 Å². The summed E-state index contributed by atoms with van der Waals surface area (Å²) < 4.78 is 28.9. The van der Waals surface area contributed by atoms with Crippen LogP contribution < -0.4 is 16.0 Å². The Bertz CT molecular complexity index is 597. The molecule has 0 bridgehead atoms. The summed E-state index contributed by atoms with van der Waals surface area (Å²) in [6.07, 6.45) is 0. The van der Waals surface area contributed by atoms with Crippen LogP contribution in [-0.4, -0.2) is 121 Å². The minimum absolute atomic E-state index is 0.222. The first kappa shape index (κ1) is 23.7. The van der Waals surface area contributed by atoms with E-state index in [1.54, 1.807) is 0 Å². The fraction of sp³-hybridized carbons (Fsp3) is 0.500. The predicted molar refractivity (Wildman–Crippen MR) is 86.7 cm³/mol. The molecular formula is C12H15Bi2N3O12. The molecule has 0 spiro atoms. The minimum atomic E-state index is -4.05. The summed E-state index contributed by atoms with van der Waals surface area (Å²) in [7, 11) is 0. The second-order valence-electron chi connectivity index (χ2n) is 5.04. The van der Waals surface area contributed by atoms with Crippen molar-refractivity contribution in [3.63, 3.8) is 0 Å². The van der Waals surface area contributed by atoms with Gasteiger partial charge in [0.15, 0.2) is 0 Å². The predicted octanol–water partition coefficient (Wildman–Crippen LogP) is -4.99. The van der Waals surface area contributed by atoms with Gasteiger partial charge in [-0.1, -0.05) is 0 Å². The van der Waals surface area contributed by atoms with Crippen molar-refractivity contribution in [1.29, 1.82) is 0 Å². The van der Waals surface area contributed by atoms with Crippen LogP contribution in [0.25, 0.3) is 0 Å². The molecule has 0 radical (unpaired) electrons. The van der Waals surface area contributed by atoms with Crippen LogP contribution in [0.4, 0.5) is 0 Å². The van der Waals surface area contributed by atoms with E-state index in [1.165, 1.54) is 0 Å². The van der Waals surface area contributed by atoms with Crippen LogP contribution >= 0.6 is 0 Å². The Labute approximate surface area is 182 Å². The van der Waals surface area contributed by atoms with E-state index in [0.717, 1.165) is 0 Å². The molecule has 0 amide bonds. The van der Waals surface area contributed by atoms with Crippen LogP contribution in [0.2, 0.25) is 0 Å². The van der Waals surface area contributed by atoms with E-state index in [-0.39, 0.29) is 26.2 Å². The molecule has 2 fully saturated rings. The van der Waals surface area contributed by atoms with Crippen molar-refractivity contribution in [3.8, 4) is 0 Å². The fourth-order valence-electron chi connectivity index (χ4n) is 1.60. The summed E-state index contributed by atoms with van der Waals surface area (Å²) in [5.41, 5.74) is 0. The zero-order valence-electron chi connectivity index (χ0n) is 14.5. The number of hydrogen-bond donors (Lipinski definition) is 3. The third kappa shape index (κ3) is 9.67. The van der Waals surface area contributed by atoms with Crippen molar-refractivity contribution in [2.75, 3.05) is 39.3 Å². The summed E-state index contributed by atoms with van der Waals surface area (Å²) in [6.45, 7) is -1.86. The van der Waals surface area contributed by atoms with Gasteiger partial charge in [0.1, 0.15) is 0 Å². The maximum absolute atomic E-state index is 11.7. The van der Waals surface area contributed by atoms with Crippen LogP contribution in [0.1, 0.15) is 0 Å². The molecule has 0 atom stereocenters. The molecule has 17 heteroatoms. The Balaban J connectivity index is 1.70. The van der Waals surface area contributed by atoms with Crippen molar-refractivity contribution in [3.05, 3.63) is 0 Å². The molecule has 0 aliphatic carbocycles. The molecule has 2 heterocycles. The molecule has 0 saturated carbocycles. The molecule has 29 heavy (non-hydrogen) atoms. The van der Waals surface area contributed by atoms with Gasteiger partial charge < -0.3 is 0 Å². The molecule has 15 nitrogen and oxygen atoms in total. The average molecular weight is 811 g/mol. The van der Waals surface area contributed by atoms with Gasteiger partial charge >= 0.3 is 183 Å². The van der Waals surface area contributed by atoms with Crippen LogP contribution in [0.15, 0.2) is 0 Å². The summed E-state index contributed by atoms with van der Waals surface area (Å²) in [5, 5.41) is 7.34. The van der Waals surface area contributed by atoms with Gasteiger partial charge in [0.2, 0.25) is 0 Å². The first-order chi connectivity index (χ1) is 13.8. The van der Waals surface area contributed by atoms with Gasteiger partial charge in [0.25, 0.3) is 0 Å². The van der Waals surface area contributed by atoms with Crippen LogP contribution in [-0.2, 0) is 45.6 Å². The Hall–Kier alpha value is -1.53. The van der Waals surface area contributed by atoms with Crippen molar-refractivity contribution in [1.82, 2.24) is 16.0 Å². The number of hydrogen-bond acceptors (Lipinski definition) is 15. The maximum atomic E-state index is 11.7. The quantitative estimate of drug-likeness (QED) is 0.216. The summed E-state index contributed by atoms with van der Waals surface area (Å²) in [5.74, 6) is -4.70. The second-order valence-corrected chi connectivity index (χ2v) is 12.8. The van der Waals surface area contributed by atoms with Crippen LogP contribution in [0, 0.1) is 0 Å². The van der Waals surface area contributed by atoms with Gasteiger partial charge in [0.05, 0.1) is 0 Å². The topological polar surface area (TPSA) is 194 Å². The molecule has 0 aromatic heterocycles. The van der Waals surface area contributed by atoms with Crippen LogP contribution in [0.3, 0.4) is 0 Å². The Morgan fingerprint density at radius 2 is 1.03 bits per heavy atom. The Kier molecular flexibility index (Phi) is 10.0. The van der Waals surface area contributed by atoms with Gasteiger partial charge in [-0.05, 0) is 0 Å². The molecule has 0 aromatic rings. The van der Waals surface area contributed by atoms with Gasteiger partial charge in [-0.3, -0.25) is 0 Å². The number of nitrogens with one attached hydrogen (secondary N) is 3. The average Bonchev–Trinajstić information content (AvgIpc) is 2.58. The van der Waals surface area contributed by atoms with Gasteiger partial charge in [-0.15, -0.1) is 0 Å². The normalized spacial score (nSPS) is 19.3. The third-order valence-corrected chi connectivity index (χ3v) is 10.9. The SMILES string of the molecule is O=C1CNCC(=O)[O][Bi]([O]C(=O)CNCC(=O)[O][Bi]2[O]C(=O)CNCC(=O)[O]2)[O]1. The van der Waals surface area contributed by atoms with Crippen molar-refractivity contribution in [2.45, 2.75) is 0 Å². The number of carbonyl (C=O) groups excluding carboxylic acids is 6. The third-order valence-electron chi connectivity index (χ3n) is 2.67. The molecule has 0 unspecified atom stereocenters. The van der Waals surface area contributed by atoms with E-state index >= 15 is 0 Å². The standard InChI is InChI=1S/3C4H7NO4.2Bi/c3*6-3(7)1-5-2-4(8)9;;/h3*5H,1-2H2,(H,6,7)(H,8,9);;/q;;;2*+3/p-6. The zero-order chi connectivity index (χ0) is 21.2. The second kappa shape index (κ2) is 12.2. The van der Waals surface area contributed by atoms with Crippen LogP contribution in [0.5, 0.6) is 0 Å². The monoisotopic (exact) mass is 811 g/mol. The van der Waals surface area contributed by atoms with E-state index < -0.39 is 95.0 Å². The van der Waals surface area contributed by atoms with E-state index in [1.807, 2.05) is 0 Å². The molecule has 3 N–H and O–H groups in total. The number of carbonyl (C=O) groups is 6. The van der Waals surface area contributed by atoms with Crippen molar-refractivity contribution in [2.24, 2.45) is 0 Å². The van der Waals surface area contributed by atoms with Gasteiger partial charge in [0, 0.05) is 0 Å².